The van der Waals surface area contributed by atoms with Gasteiger partial charge in [0.05, 0.1) is 11.3 Å². The van der Waals surface area contributed by atoms with Crippen LogP contribution in [0.15, 0.2) is 0 Å². The summed E-state index contributed by atoms with van der Waals surface area (Å²) in [5.41, 5.74) is 0. The summed E-state index contributed by atoms with van der Waals surface area (Å²) in [6, 6.07) is 2.12. The summed E-state index contributed by atoms with van der Waals surface area (Å²) in [5.74, 6) is 0. The molecule has 0 aromatic heterocycles. The summed E-state index contributed by atoms with van der Waals surface area (Å²) in [6.45, 7) is 2.62. The minimum absolute atomic E-state index is 0.148. The quantitative estimate of drug-likeness (QED) is 0.670. The molecule has 1 heterocycles. The second-order valence-corrected chi connectivity index (χ2v) is 6.46. The Hall–Kier alpha value is -0.600. The van der Waals surface area contributed by atoms with Crippen LogP contribution in [0.3, 0.4) is 0 Å². The Morgan fingerprint density at radius 2 is 2.00 bits per heavy atom. The molecule has 0 atom stereocenters. The number of sulfone groups is 1. The maximum absolute atomic E-state index is 11.3. The number of hydrogen-bond donors (Lipinski definition) is 0. The number of nitriles is 1. The van der Waals surface area contributed by atoms with Crippen molar-refractivity contribution in [3.05, 3.63) is 0 Å². The lowest BCUT2D eigenvalue weighted by molar-refractivity contribution is 0.228. The molecular weight excluding hydrogens is 212 g/mol. The molecule has 0 spiro atoms. The van der Waals surface area contributed by atoms with Crippen LogP contribution in [0.25, 0.3) is 0 Å². The van der Waals surface area contributed by atoms with Crippen molar-refractivity contribution in [3.8, 4) is 6.07 Å². The van der Waals surface area contributed by atoms with Crippen molar-refractivity contribution < 1.29 is 8.42 Å². The predicted molar refractivity (Wildman–Crippen MR) is 59.2 cm³/mol. The van der Waals surface area contributed by atoms with Gasteiger partial charge < -0.3 is 4.90 Å². The molecular formula is C10H18N2O2S. The van der Waals surface area contributed by atoms with Crippen molar-refractivity contribution >= 4 is 9.84 Å². The number of rotatable bonds is 4. The van der Waals surface area contributed by atoms with Gasteiger partial charge in [0.1, 0.15) is 9.84 Å². The first-order chi connectivity index (χ1) is 7.04. The number of piperidine rings is 1. The van der Waals surface area contributed by atoms with Crippen molar-refractivity contribution in [1.29, 1.82) is 5.26 Å². The lowest BCUT2D eigenvalue weighted by Gasteiger charge is -2.30. The van der Waals surface area contributed by atoms with Crippen LogP contribution < -0.4 is 0 Å². The topological polar surface area (TPSA) is 61.2 Å². The van der Waals surface area contributed by atoms with Crippen LogP contribution in [0.1, 0.15) is 25.7 Å². The van der Waals surface area contributed by atoms with E-state index in [4.69, 9.17) is 5.26 Å². The first-order valence-corrected chi connectivity index (χ1v) is 7.27. The predicted octanol–water partition coefficient (Wildman–Crippen LogP) is 0.799. The van der Waals surface area contributed by atoms with Gasteiger partial charge in [-0.25, -0.2) is 8.42 Å². The zero-order valence-corrected chi connectivity index (χ0v) is 9.96. The van der Waals surface area contributed by atoms with Crippen molar-refractivity contribution in [2.45, 2.75) is 30.9 Å². The molecule has 0 N–H and O–H groups in total. The summed E-state index contributed by atoms with van der Waals surface area (Å²) >= 11 is 0. The van der Waals surface area contributed by atoms with E-state index in [0.717, 1.165) is 38.9 Å². The standard InChI is InChI=1S/C10H18N2O2S/c1-15(13,14)10-4-8-12(9-5-10)7-3-2-6-11/h10H,2-5,7-9H2,1H3. The SMILES string of the molecule is CS(=O)(=O)C1CCN(CCCC#N)CC1. The van der Waals surface area contributed by atoms with E-state index < -0.39 is 9.84 Å². The van der Waals surface area contributed by atoms with Crippen molar-refractivity contribution in [1.82, 2.24) is 4.90 Å². The highest BCUT2D eigenvalue weighted by molar-refractivity contribution is 7.91. The lowest BCUT2D eigenvalue weighted by Crippen LogP contribution is -2.39. The number of hydrogen-bond acceptors (Lipinski definition) is 4. The smallest absolute Gasteiger partial charge is 0.150 e. The molecule has 1 rings (SSSR count). The molecule has 0 radical (unpaired) electrons. The monoisotopic (exact) mass is 230 g/mol. The highest BCUT2D eigenvalue weighted by atomic mass is 32.2. The van der Waals surface area contributed by atoms with Crippen LogP contribution in [0.2, 0.25) is 0 Å². The molecule has 1 fully saturated rings. The van der Waals surface area contributed by atoms with Crippen LogP contribution in [0.4, 0.5) is 0 Å². The second kappa shape index (κ2) is 5.47. The average Bonchev–Trinajstić information content (AvgIpc) is 2.18. The molecule has 15 heavy (non-hydrogen) atoms. The van der Waals surface area contributed by atoms with E-state index in [1.165, 1.54) is 6.26 Å². The van der Waals surface area contributed by atoms with Gasteiger partial charge in [-0.1, -0.05) is 0 Å². The van der Waals surface area contributed by atoms with Gasteiger partial charge in [-0.2, -0.15) is 5.26 Å². The van der Waals surface area contributed by atoms with Crippen LogP contribution in [-0.2, 0) is 9.84 Å². The van der Waals surface area contributed by atoms with Crippen molar-refractivity contribution in [2.75, 3.05) is 25.9 Å². The minimum atomic E-state index is -2.85. The fraction of sp³-hybridized carbons (Fsp3) is 0.900. The first-order valence-electron chi connectivity index (χ1n) is 5.32. The third-order valence-electron chi connectivity index (χ3n) is 2.90. The van der Waals surface area contributed by atoms with Gasteiger partial charge in [0.25, 0.3) is 0 Å². The Morgan fingerprint density at radius 3 is 2.47 bits per heavy atom. The fourth-order valence-corrected chi connectivity index (χ4v) is 3.01. The number of likely N-dealkylation sites (tertiary alicyclic amines) is 1. The third kappa shape index (κ3) is 4.18. The number of nitrogens with zero attached hydrogens (tertiary/aromatic N) is 2. The molecule has 86 valence electrons. The van der Waals surface area contributed by atoms with Crippen LogP contribution in [0, 0.1) is 11.3 Å². The molecule has 4 nitrogen and oxygen atoms in total. The zero-order chi connectivity index (χ0) is 11.3. The Morgan fingerprint density at radius 1 is 1.40 bits per heavy atom. The van der Waals surface area contributed by atoms with E-state index in [2.05, 4.69) is 11.0 Å². The molecule has 0 unspecified atom stereocenters. The molecule has 5 heteroatoms. The van der Waals surface area contributed by atoms with Gasteiger partial charge in [0, 0.05) is 12.7 Å². The average molecular weight is 230 g/mol. The third-order valence-corrected chi connectivity index (χ3v) is 4.59. The molecule has 0 aromatic carbocycles. The summed E-state index contributed by atoms with van der Waals surface area (Å²) < 4.78 is 22.6. The molecule has 0 amide bonds. The highest BCUT2D eigenvalue weighted by Crippen LogP contribution is 2.17. The molecule has 0 aromatic rings. The van der Waals surface area contributed by atoms with Gasteiger partial charge >= 0.3 is 0 Å². The van der Waals surface area contributed by atoms with E-state index in [0.29, 0.717) is 6.42 Å². The van der Waals surface area contributed by atoms with Gasteiger partial charge in [-0.05, 0) is 38.9 Å². The lowest BCUT2D eigenvalue weighted by atomic mass is 10.1. The van der Waals surface area contributed by atoms with Crippen LogP contribution in [-0.4, -0.2) is 44.5 Å². The van der Waals surface area contributed by atoms with Gasteiger partial charge in [-0.15, -0.1) is 0 Å². The Balaban J connectivity index is 2.28. The highest BCUT2D eigenvalue weighted by Gasteiger charge is 2.25. The van der Waals surface area contributed by atoms with Crippen LogP contribution >= 0.6 is 0 Å². The molecule has 1 saturated heterocycles. The van der Waals surface area contributed by atoms with Crippen LogP contribution in [0.5, 0.6) is 0 Å². The Kier molecular flexibility index (Phi) is 4.55. The summed E-state index contributed by atoms with van der Waals surface area (Å²) in [7, 11) is -2.85. The Bertz CT molecular complexity index is 324. The summed E-state index contributed by atoms with van der Waals surface area (Å²) in [4.78, 5) is 2.25. The zero-order valence-electron chi connectivity index (χ0n) is 9.15. The molecule has 0 bridgehead atoms. The van der Waals surface area contributed by atoms with E-state index in [1.807, 2.05) is 0 Å². The van der Waals surface area contributed by atoms with E-state index in [9.17, 15) is 8.42 Å². The molecule has 0 aliphatic carbocycles. The molecule has 1 aliphatic heterocycles. The maximum atomic E-state index is 11.3. The van der Waals surface area contributed by atoms with Gasteiger partial charge in [-0.3, -0.25) is 0 Å². The number of unbranched alkanes of at least 4 members (excludes halogenated alkanes) is 1. The molecule has 1 aliphatic rings. The fourth-order valence-electron chi connectivity index (χ4n) is 1.94. The van der Waals surface area contributed by atoms with Gasteiger partial charge in [0.15, 0.2) is 0 Å². The van der Waals surface area contributed by atoms with Crippen molar-refractivity contribution in [2.24, 2.45) is 0 Å². The molecule has 0 saturated carbocycles. The summed E-state index contributed by atoms with van der Waals surface area (Å²) in [5, 5.41) is 8.25. The maximum Gasteiger partial charge on any atom is 0.150 e. The van der Waals surface area contributed by atoms with E-state index >= 15 is 0 Å². The largest absolute Gasteiger partial charge is 0.303 e. The second-order valence-electron chi connectivity index (χ2n) is 4.13. The van der Waals surface area contributed by atoms with Gasteiger partial charge in [0.2, 0.25) is 0 Å². The van der Waals surface area contributed by atoms with E-state index in [-0.39, 0.29) is 5.25 Å². The van der Waals surface area contributed by atoms with E-state index in [1.54, 1.807) is 0 Å². The summed E-state index contributed by atoms with van der Waals surface area (Å²) in [6.07, 6.45) is 4.28. The first kappa shape index (κ1) is 12.5. The normalized spacial score (nSPS) is 20.0. The van der Waals surface area contributed by atoms with Crippen molar-refractivity contribution in [3.63, 3.8) is 0 Å². The Labute approximate surface area is 91.8 Å². The minimum Gasteiger partial charge on any atom is -0.303 e.